The minimum Gasteiger partial charge on any atom is -0.481 e. The molecule has 0 aromatic heterocycles. The molecule has 0 bridgehead atoms. The minimum atomic E-state index is -0.700. The summed E-state index contributed by atoms with van der Waals surface area (Å²) < 4.78 is 0. The van der Waals surface area contributed by atoms with E-state index in [9.17, 15) is 14.7 Å². The molecule has 1 aliphatic heterocycles. The maximum Gasteiger partial charge on any atom is 0.309 e. The third kappa shape index (κ3) is 3.95. The van der Waals surface area contributed by atoms with Gasteiger partial charge in [-0.1, -0.05) is 31.2 Å². The van der Waals surface area contributed by atoms with Gasteiger partial charge in [0.1, 0.15) is 0 Å². The predicted octanol–water partition coefficient (Wildman–Crippen LogP) is 3.45. The van der Waals surface area contributed by atoms with E-state index in [1.54, 1.807) is 0 Å². The van der Waals surface area contributed by atoms with Crippen molar-refractivity contribution in [3.8, 4) is 0 Å². The standard InChI is InChI=1S/C23H33N3O3/c1-3-22(2,21(28)29)17-8-10-23(11-9-17)12-13-25-15-19(23)20(27)18-7-5-4-6-16(18)14-26-24/h4-7,14,17,19,25H,3,8-13,15,24H2,1-2H3,(H,28,29). The summed E-state index contributed by atoms with van der Waals surface area (Å²) in [7, 11) is 0. The first kappa shape index (κ1) is 21.5. The van der Waals surface area contributed by atoms with E-state index in [4.69, 9.17) is 5.84 Å². The van der Waals surface area contributed by atoms with Crippen LogP contribution in [0.25, 0.3) is 0 Å². The molecule has 2 fully saturated rings. The van der Waals surface area contributed by atoms with Crippen molar-refractivity contribution in [2.24, 2.45) is 33.6 Å². The zero-order chi connectivity index (χ0) is 21.1. The molecule has 1 heterocycles. The second-order valence-electron chi connectivity index (χ2n) is 8.95. The molecule has 3 rings (SSSR count). The number of nitrogens with one attached hydrogen (secondary N) is 1. The Morgan fingerprint density at radius 2 is 2.00 bits per heavy atom. The van der Waals surface area contributed by atoms with E-state index in [2.05, 4.69) is 10.4 Å². The molecule has 1 aromatic rings. The van der Waals surface area contributed by atoms with E-state index in [-0.39, 0.29) is 23.0 Å². The van der Waals surface area contributed by atoms with E-state index >= 15 is 0 Å². The molecule has 29 heavy (non-hydrogen) atoms. The molecular formula is C23H33N3O3. The fourth-order valence-corrected chi connectivity index (χ4v) is 5.49. The van der Waals surface area contributed by atoms with Crippen LogP contribution in [-0.4, -0.2) is 36.2 Å². The summed E-state index contributed by atoms with van der Waals surface area (Å²) in [6.45, 7) is 5.42. The zero-order valence-electron chi connectivity index (χ0n) is 17.5. The maximum absolute atomic E-state index is 13.6. The molecule has 4 N–H and O–H groups in total. The monoisotopic (exact) mass is 399 g/mol. The molecule has 0 radical (unpaired) electrons. The Morgan fingerprint density at radius 1 is 1.31 bits per heavy atom. The number of benzene rings is 1. The van der Waals surface area contributed by atoms with Crippen molar-refractivity contribution in [1.29, 1.82) is 0 Å². The maximum atomic E-state index is 13.6. The van der Waals surface area contributed by atoms with Gasteiger partial charge in [-0.15, -0.1) is 0 Å². The smallest absolute Gasteiger partial charge is 0.309 e. The van der Waals surface area contributed by atoms with Gasteiger partial charge in [0.15, 0.2) is 5.78 Å². The molecule has 158 valence electrons. The SMILES string of the molecule is CCC(C)(C(=O)O)C1CCC2(CCNCC2C(=O)c2ccccc2C=NN)CC1. The number of ketones is 1. The lowest BCUT2D eigenvalue weighted by Crippen LogP contribution is -2.51. The molecule has 1 aliphatic carbocycles. The number of carbonyl (C=O) groups excluding carboxylic acids is 1. The summed E-state index contributed by atoms with van der Waals surface area (Å²) in [5.41, 5.74) is 0.677. The van der Waals surface area contributed by atoms with Gasteiger partial charge in [0.2, 0.25) is 0 Å². The highest BCUT2D eigenvalue weighted by Crippen LogP contribution is 2.53. The Bertz CT molecular complexity index is 783. The summed E-state index contributed by atoms with van der Waals surface area (Å²) in [5.74, 6) is 4.83. The highest BCUT2D eigenvalue weighted by atomic mass is 16.4. The predicted molar refractivity (Wildman–Crippen MR) is 114 cm³/mol. The number of carboxylic acids is 1. The lowest BCUT2D eigenvalue weighted by molar-refractivity contribution is -0.153. The number of nitrogens with two attached hydrogens (primary N) is 1. The molecule has 1 saturated heterocycles. The van der Waals surface area contributed by atoms with Crippen molar-refractivity contribution in [1.82, 2.24) is 5.32 Å². The van der Waals surface area contributed by atoms with Crippen molar-refractivity contribution >= 4 is 18.0 Å². The van der Waals surface area contributed by atoms with Crippen LogP contribution in [0.5, 0.6) is 0 Å². The second-order valence-corrected chi connectivity index (χ2v) is 8.95. The lowest BCUT2D eigenvalue weighted by atomic mass is 9.55. The van der Waals surface area contributed by atoms with E-state index in [1.807, 2.05) is 38.1 Å². The van der Waals surface area contributed by atoms with E-state index in [0.717, 1.165) is 44.2 Å². The van der Waals surface area contributed by atoms with Gasteiger partial charge in [-0.25, -0.2) is 0 Å². The average molecular weight is 400 g/mol. The Kier molecular flexibility index (Phi) is 6.42. The second kappa shape index (κ2) is 8.66. The molecule has 1 saturated carbocycles. The number of rotatable bonds is 6. The number of hydrogen-bond donors (Lipinski definition) is 3. The average Bonchev–Trinajstić information content (AvgIpc) is 2.74. The van der Waals surface area contributed by atoms with E-state index in [0.29, 0.717) is 18.5 Å². The van der Waals surface area contributed by atoms with Crippen LogP contribution < -0.4 is 11.2 Å². The molecular weight excluding hydrogens is 366 g/mol. The Labute approximate surface area is 172 Å². The van der Waals surface area contributed by atoms with Crippen LogP contribution in [0.15, 0.2) is 29.4 Å². The molecule has 1 spiro atoms. The minimum absolute atomic E-state index is 0.0566. The lowest BCUT2D eigenvalue weighted by Gasteiger charge is -2.50. The van der Waals surface area contributed by atoms with Crippen LogP contribution in [0.1, 0.15) is 68.3 Å². The molecule has 6 heteroatoms. The number of nitrogens with zero attached hydrogens (tertiary/aromatic N) is 1. The summed E-state index contributed by atoms with van der Waals surface area (Å²) in [4.78, 5) is 25.5. The van der Waals surface area contributed by atoms with Crippen molar-refractivity contribution in [3.63, 3.8) is 0 Å². The van der Waals surface area contributed by atoms with Crippen LogP contribution >= 0.6 is 0 Å². The van der Waals surface area contributed by atoms with Crippen LogP contribution in [0.2, 0.25) is 0 Å². The van der Waals surface area contributed by atoms with Crippen molar-refractivity contribution in [2.75, 3.05) is 13.1 Å². The third-order valence-corrected chi connectivity index (χ3v) is 7.75. The Balaban J connectivity index is 1.84. The highest BCUT2D eigenvalue weighted by molar-refractivity contribution is 6.05. The number of carbonyl (C=O) groups is 2. The first-order chi connectivity index (χ1) is 13.9. The largest absolute Gasteiger partial charge is 0.481 e. The van der Waals surface area contributed by atoms with Gasteiger partial charge in [-0.3, -0.25) is 9.59 Å². The number of piperidine rings is 1. The highest BCUT2D eigenvalue weighted by Gasteiger charge is 2.50. The quantitative estimate of drug-likeness (QED) is 0.294. The summed E-state index contributed by atoms with van der Waals surface area (Å²) in [5, 5.41) is 16.8. The number of aliphatic carboxylic acids is 1. The molecule has 2 atom stereocenters. The fourth-order valence-electron chi connectivity index (χ4n) is 5.49. The Hall–Kier alpha value is -2.21. The number of hydrazone groups is 1. The molecule has 0 amide bonds. The van der Waals surface area contributed by atoms with E-state index in [1.165, 1.54) is 6.21 Å². The molecule has 1 aromatic carbocycles. The summed E-state index contributed by atoms with van der Waals surface area (Å²) in [6, 6.07) is 7.47. The number of Topliss-reactive ketones (excluding diaryl/α,β-unsaturated/α-hetero) is 1. The first-order valence-corrected chi connectivity index (χ1v) is 10.7. The van der Waals surface area contributed by atoms with Gasteiger partial charge in [0.05, 0.1) is 11.6 Å². The molecule has 2 aliphatic rings. The van der Waals surface area contributed by atoms with Crippen molar-refractivity contribution in [2.45, 2.75) is 52.4 Å². The number of carboxylic acid groups (broad SMARTS) is 1. The van der Waals surface area contributed by atoms with E-state index < -0.39 is 11.4 Å². The number of hydrogen-bond acceptors (Lipinski definition) is 5. The van der Waals surface area contributed by atoms with Gasteiger partial charge < -0.3 is 16.3 Å². The topological polar surface area (TPSA) is 105 Å². The van der Waals surface area contributed by atoms with Crippen molar-refractivity contribution in [3.05, 3.63) is 35.4 Å². The fraction of sp³-hybridized carbons (Fsp3) is 0.609. The van der Waals surface area contributed by atoms with Gasteiger partial charge in [-0.05, 0) is 63.3 Å². The summed E-state index contributed by atoms with van der Waals surface area (Å²) >= 11 is 0. The van der Waals surface area contributed by atoms with Crippen LogP contribution in [0, 0.1) is 22.7 Å². The summed E-state index contributed by atoms with van der Waals surface area (Å²) in [6.07, 6.45) is 6.68. The third-order valence-electron chi connectivity index (χ3n) is 7.75. The molecule has 6 nitrogen and oxygen atoms in total. The van der Waals surface area contributed by atoms with Gasteiger partial charge in [0.25, 0.3) is 0 Å². The zero-order valence-corrected chi connectivity index (χ0v) is 17.5. The van der Waals surface area contributed by atoms with Crippen molar-refractivity contribution < 1.29 is 14.7 Å². The van der Waals surface area contributed by atoms with Crippen LogP contribution in [0.3, 0.4) is 0 Å². The normalized spacial score (nSPS) is 29.6. The van der Waals surface area contributed by atoms with Crippen LogP contribution in [-0.2, 0) is 4.79 Å². The van der Waals surface area contributed by atoms with Gasteiger partial charge in [0, 0.05) is 23.6 Å². The molecule has 2 unspecified atom stereocenters. The first-order valence-electron chi connectivity index (χ1n) is 10.7. The van der Waals surface area contributed by atoms with Crippen LogP contribution in [0.4, 0.5) is 0 Å². The van der Waals surface area contributed by atoms with Gasteiger partial charge in [-0.2, -0.15) is 5.10 Å². The van der Waals surface area contributed by atoms with Gasteiger partial charge >= 0.3 is 5.97 Å². The Morgan fingerprint density at radius 3 is 2.62 bits per heavy atom.